The molecule has 0 amide bonds. The summed E-state index contributed by atoms with van der Waals surface area (Å²) in [5, 5.41) is 1.13. The lowest BCUT2D eigenvalue weighted by molar-refractivity contribution is 0.0365. The molecule has 0 fully saturated rings. The maximum atomic E-state index is 5.87. The van der Waals surface area contributed by atoms with Gasteiger partial charge in [0.1, 0.15) is 18.2 Å². The number of aromatic nitrogens is 3. The van der Waals surface area contributed by atoms with Crippen molar-refractivity contribution in [3.05, 3.63) is 46.6 Å². The quantitative estimate of drug-likeness (QED) is 0.337. The Morgan fingerprint density at radius 3 is 2.69 bits per heavy atom. The second kappa shape index (κ2) is 9.84. The molecule has 0 aliphatic carbocycles. The number of nitrogens with zero attached hydrogens (tertiary/aromatic N) is 3. The smallest absolute Gasteiger partial charge is 0.140 e. The molecule has 0 aliphatic rings. The first-order valence-corrected chi connectivity index (χ1v) is 9.72. The Bertz CT molecular complexity index is 838. The number of rotatable bonds is 10. The number of pyridine rings is 2. The van der Waals surface area contributed by atoms with Crippen LogP contribution in [0.1, 0.15) is 13.3 Å². The molecule has 0 N–H and O–H groups in total. The first-order valence-electron chi connectivity index (χ1n) is 8.65. The monoisotopic (exact) mass is 465 g/mol. The molecule has 0 unspecified atom stereocenters. The van der Waals surface area contributed by atoms with Gasteiger partial charge in [-0.25, -0.2) is 4.98 Å². The van der Waals surface area contributed by atoms with E-state index in [-0.39, 0.29) is 0 Å². The highest BCUT2D eigenvalue weighted by Crippen LogP contribution is 2.25. The first kappa shape index (κ1) is 19.1. The minimum Gasteiger partial charge on any atom is -0.490 e. The molecule has 26 heavy (non-hydrogen) atoms. The zero-order valence-electron chi connectivity index (χ0n) is 14.7. The van der Waals surface area contributed by atoms with Crippen molar-refractivity contribution >= 4 is 33.5 Å². The summed E-state index contributed by atoms with van der Waals surface area (Å²) in [6, 6.07) is 5.97. The van der Waals surface area contributed by atoms with Gasteiger partial charge >= 0.3 is 0 Å². The molecule has 138 valence electrons. The van der Waals surface area contributed by atoms with Gasteiger partial charge in [-0.2, -0.15) is 0 Å². The topological polar surface area (TPSA) is 58.4 Å². The zero-order valence-corrected chi connectivity index (χ0v) is 16.9. The predicted octanol–water partition coefficient (Wildman–Crippen LogP) is 3.85. The summed E-state index contributed by atoms with van der Waals surface area (Å²) in [4.78, 5) is 8.72. The predicted molar refractivity (Wildman–Crippen MR) is 109 cm³/mol. The van der Waals surface area contributed by atoms with Crippen LogP contribution in [0.15, 0.2) is 43.0 Å². The van der Waals surface area contributed by atoms with Gasteiger partial charge in [-0.1, -0.05) is 6.92 Å². The fraction of sp³-hybridized carbons (Fsp3) is 0.368. The third kappa shape index (κ3) is 4.93. The third-order valence-corrected chi connectivity index (χ3v) is 4.56. The lowest BCUT2D eigenvalue weighted by Gasteiger charge is -2.11. The van der Waals surface area contributed by atoms with Crippen molar-refractivity contribution in [2.24, 2.45) is 0 Å². The van der Waals surface area contributed by atoms with E-state index < -0.39 is 0 Å². The Morgan fingerprint density at radius 1 is 1.04 bits per heavy atom. The van der Waals surface area contributed by atoms with E-state index >= 15 is 0 Å². The van der Waals surface area contributed by atoms with Crippen LogP contribution in [0.2, 0.25) is 0 Å². The van der Waals surface area contributed by atoms with Gasteiger partial charge < -0.3 is 14.2 Å². The number of hydrogen-bond donors (Lipinski definition) is 0. The number of halogens is 1. The van der Waals surface area contributed by atoms with E-state index in [1.165, 1.54) is 0 Å². The van der Waals surface area contributed by atoms with E-state index in [4.69, 9.17) is 14.2 Å². The van der Waals surface area contributed by atoms with E-state index in [2.05, 4.69) is 39.5 Å². The second-order valence-corrected chi connectivity index (χ2v) is 6.83. The molecule has 7 heteroatoms. The Balaban J connectivity index is 1.58. The Morgan fingerprint density at radius 2 is 1.85 bits per heavy atom. The van der Waals surface area contributed by atoms with Crippen molar-refractivity contribution in [3.8, 4) is 11.6 Å². The van der Waals surface area contributed by atoms with Crippen LogP contribution in [-0.4, -0.2) is 47.6 Å². The lowest BCUT2D eigenvalue weighted by Crippen LogP contribution is -2.11. The van der Waals surface area contributed by atoms with Gasteiger partial charge in [-0.05, 0) is 41.1 Å². The number of ether oxygens (including phenoxy) is 3. The van der Waals surface area contributed by atoms with Crippen molar-refractivity contribution in [2.75, 3.05) is 33.0 Å². The van der Waals surface area contributed by atoms with Crippen molar-refractivity contribution in [3.63, 3.8) is 0 Å². The van der Waals surface area contributed by atoms with Crippen molar-refractivity contribution in [2.45, 2.75) is 13.3 Å². The van der Waals surface area contributed by atoms with Gasteiger partial charge in [0.25, 0.3) is 0 Å². The summed E-state index contributed by atoms with van der Waals surface area (Å²) in [5.41, 5.74) is 1.02. The third-order valence-electron chi connectivity index (χ3n) is 3.75. The van der Waals surface area contributed by atoms with Crippen LogP contribution in [0.4, 0.5) is 0 Å². The molecule has 0 spiro atoms. The Kier molecular flexibility index (Phi) is 7.22. The molecule has 0 radical (unpaired) electrons. The van der Waals surface area contributed by atoms with Crippen LogP contribution >= 0.6 is 22.6 Å². The normalized spacial score (nSPS) is 11.2. The number of fused-ring (bicyclic) bond motifs is 1. The molecule has 3 rings (SSSR count). The average Bonchev–Trinajstić information content (AvgIpc) is 3.09. The molecule has 3 aromatic rings. The molecule has 6 nitrogen and oxygen atoms in total. The van der Waals surface area contributed by atoms with E-state index in [0.717, 1.165) is 39.1 Å². The maximum Gasteiger partial charge on any atom is 0.140 e. The number of hydrogen-bond acceptors (Lipinski definition) is 5. The van der Waals surface area contributed by atoms with E-state index in [1.807, 2.05) is 41.4 Å². The van der Waals surface area contributed by atoms with Gasteiger partial charge in [-0.3, -0.25) is 9.55 Å². The highest BCUT2D eigenvalue weighted by Gasteiger charge is 2.08. The van der Waals surface area contributed by atoms with E-state index in [1.54, 1.807) is 6.20 Å². The zero-order chi connectivity index (χ0) is 18.2. The van der Waals surface area contributed by atoms with Crippen molar-refractivity contribution in [1.82, 2.24) is 14.5 Å². The highest BCUT2D eigenvalue weighted by molar-refractivity contribution is 14.1. The average molecular weight is 465 g/mol. The first-order chi connectivity index (χ1) is 12.8. The second-order valence-electron chi connectivity index (χ2n) is 5.67. The molecule has 0 saturated heterocycles. The van der Waals surface area contributed by atoms with Crippen molar-refractivity contribution < 1.29 is 14.2 Å². The minimum atomic E-state index is 0.487. The van der Waals surface area contributed by atoms with Gasteiger partial charge in [0.2, 0.25) is 0 Å². The van der Waals surface area contributed by atoms with Gasteiger partial charge in [0, 0.05) is 36.7 Å². The maximum absolute atomic E-state index is 5.87. The summed E-state index contributed by atoms with van der Waals surface area (Å²) >= 11 is 2.23. The summed E-state index contributed by atoms with van der Waals surface area (Å²) < 4.78 is 19.7. The fourth-order valence-electron chi connectivity index (χ4n) is 2.50. The minimum absolute atomic E-state index is 0.487. The molecule has 0 atom stereocenters. The van der Waals surface area contributed by atoms with Crippen LogP contribution in [0, 0.1) is 3.57 Å². The molecule has 0 aliphatic heterocycles. The molecule has 3 heterocycles. The van der Waals surface area contributed by atoms with Gasteiger partial charge in [0.05, 0.1) is 35.1 Å². The molecule has 0 bridgehead atoms. The van der Waals surface area contributed by atoms with E-state index in [9.17, 15) is 0 Å². The van der Waals surface area contributed by atoms with Crippen LogP contribution in [0.5, 0.6) is 5.75 Å². The molecular weight excluding hydrogens is 443 g/mol. The SMILES string of the molecule is CCCOCCOCCOc1cc(-n2ccc3ccncc32)ncc1[125I]. The largest absolute Gasteiger partial charge is 0.490 e. The van der Waals surface area contributed by atoms with Crippen LogP contribution < -0.4 is 4.74 Å². The van der Waals surface area contributed by atoms with Crippen LogP contribution in [0.25, 0.3) is 16.7 Å². The van der Waals surface area contributed by atoms with Crippen molar-refractivity contribution in [1.29, 1.82) is 0 Å². The standard InChI is InChI=1S/C19H22IN3O3/c1-2-7-24-8-9-25-10-11-26-18-12-19(22-13-16(18)20)23-6-4-15-3-5-21-14-17(15)23/h3-6,12-14H,2,7-11H2,1H3/i20-2. The summed E-state index contributed by atoms with van der Waals surface area (Å²) in [6.07, 6.45) is 8.45. The molecule has 3 aromatic heterocycles. The Hall–Kier alpha value is -1.71. The molecular formula is C19H22IN3O3. The fourth-order valence-corrected chi connectivity index (χ4v) is 2.95. The summed E-state index contributed by atoms with van der Waals surface area (Å²) in [6.45, 7) is 5.10. The Labute approximate surface area is 166 Å². The van der Waals surface area contributed by atoms with Crippen LogP contribution in [0.3, 0.4) is 0 Å². The molecule has 0 aromatic carbocycles. The van der Waals surface area contributed by atoms with Gasteiger partial charge in [-0.15, -0.1) is 0 Å². The highest BCUT2D eigenvalue weighted by atomic mass is 125. The van der Waals surface area contributed by atoms with E-state index in [0.29, 0.717) is 26.4 Å². The summed E-state index contributed by atoms with van der Waals surface area (Å²) in [5.74, 6) is 1.60. The van der Waals surface area contributed by atoms with Crippen LogP contribution in [-0.2, 0) is 9.47 Å². The van der Waals surface area contributed by atoms with Gasteiger partial charge in [0.15, 0.2) is 0 Å². The molecule has 0 saturated carbocycles. The lowest BCUT2D eigenvalue weighted by atomic mass is 10.3. The summed E-state index contributed by atoms with van der Waals surface area (Å²) in [7, 11) is 0.